The number of ether oxygens (including phenoxy) is 1. The molecule has 2 aromatic rings. The molecule has 3 rings (SSSR count). The van der Waals surface area contributed by atoms with Gasteiger partial charge in [-0.25, -0.2) is 0 Å². The van der Waals surface area contributed by atoms with Crippen molar-refractivity contribution < 1.29 is 9.53 Å². The van der Waals surface area contributed by atoms with Crippen molar-refractivity contribution in [3.63, 3.8) is 0 Å². The zero-order valence-electron chi connectivity index (χ0n) is 18.5. The van der Waals surface area contributed by atoms with E-state index >= 15 is 0 Å². The van der Waals surface area contributed by atoms with Crippen molar-refractivity contribution in [3.8, 4) is 5.75 Å². The molecule has 1 amide bonds. The number of anilines is 1. The first kappa shape index (κ1) is 22.5. The van der Waals surface area contributed by atoms with Crippen molar-refractivity contribution in [3.05, 3.63) is 58.6 Å². The highest BCUT2D eigenvalue weighted by molar-refractivity contribution is 6.31. The normalized spacial score (nSPS) is 16.8. The number of carbonyl (C=O) groups excluding carboxylic acids is 1. The zero-order valence-corrected chi connectivity index (χ0v) is 19.2. The smallest absolute Gasteiger partial charge is 0.261 e. The van der Waals surface area contributed by atoms with Gasteiger partial charge in [-0.2, -0.15) is 0 Å². The highest BCUT2D eigenvalue weighted by Gasteiger charge is 2.21. The average molecular weight is 429 g/mol. The van der Waals surface area contributed by atoms with Crippen molar-refractivity contribution in [2.75, 3.05) is 18.0 Å². The molecule has 0 spiro atoms. The second-order valence-corrected chi connectivity index (χ2v) is 8.82. The molecule has 5 heteroatoms. The first-order chi connectivity index (χ1) is 14.4. The standard InChI is InChI=1S/C25H33ClN2O2/c1-5-24(30-22-10-11-23(26)18(3)16-22)25(29)27-19(4)20-6-8-21(9-7-20)28-14-12-17(2)13-15-28/h6-11,16-17,19,24H,5,12-15H2,1-4H3,(H,27,29)/t19-,24+/m1/s1. The lowest BCUT2D eigenvalue weighted by molar-refractivity contribution is -0.128. The Balaban J connectivity index is 1.58. The second kappa shape index (κ2) is 10.2. The van der Waals surface area contributed by atoms with E-state index in [9.17, 15) is 4.79 Å². The first-order valence-electron chi connectivity index (χ1n) is 11.0. The highest BCUT2D eigenvalue weighted by Crippen LogP contribution is 2.25. The van der Waals surface area contributed by atoms with Crippen LogP contribution in [0.2, 0.25) is 5.02 Å². The third-order valence-corrected chi connectivity index (χ3v) is 6.40. The summed E-state index contributed by atoms with van der Waals surface area (Å²) < 4.78 is 5.93. The van der Waals surface area contributed by atoms with E-state index < -0.39 is 6.10 Å². The molecule has 0 saturated carbocycles. The minimum atomic E-state index is -0.539. The van der Waals surface area contributed by atoms with Crippen molar-refractivity contribution in [1.29, 1.82) is 0 Å². The number of nitrogens with one attached hydrogen (secondary N) is 1. The molecule has 1 fully saturated rings. The Kier molecular flexibility index (Phi) is 7.65. The molecule has 1 saturated heterocycles. The van der Waals surface area contributed by atoms with E-state index in [4.69, 9.17) is 16.3 Å². The lowest BCUT2D eigenvalue weighted by atomic mass is 9.98. The third-order valence-electron chi connectivity index (χ3n) is 5.97. The fourth-order valence-corrected chi connectivity index (χ4v) is 3.92. The molecule has 0 unspecified atom stereocenters. The van der Waals surface area contributed by atoms with Gasteiger partial charge in [-0.15, -0.1) is 0 Å². The predicted molar refractivity (Wildman–Crippen MR) is 125 cm³/mol. The molecular formula is C25H33ClN2O2. The van der Waals surface area contributed by atoms with E-state index in [1.165, 1.54) is 18.5 Å². The van der Waals surface area contributed by atoms with Gasteiger partial charge in [0, 0.05) is 23.8 Å². The van der Waals surface area contributed by atoms with Crippen LogP contribution in [0.1, 0.15) is 57.2 Å². The molecule has 0 aliphatic carbocycles. The van der Waals surface area contributed by atoms with Crippen molar-refractivity contribution in [1.82, 2.24) is 5.32 Å². The lowest BCUT2D eigenvalue weighted by Gasteiger charge is -2.32. The van der Waals surface area contributed by atoms with Crippen LogP contribution >= 0.6 is 11.6 Å². The molecule has 1 heterocycles. The second-order valence-electron chi connectivity index (χ2n) is 8.42. The SMILES string of the molecule is CC[C@H](Oc1ccc(Cl)c(C)c1)C(=O)N[C@H](C)c1ccc(N2CCC(C)CC2)cc1. The molecule has 162 valence electrons. The Morgan fingerprint density at radius 3 is 2.47 bits per heavy atom. The topological polar surface area (TPSA) is 41.6 Å². The van der Waals surface area contributed by atoms with E-state index in [1.54, 1.807) is 12.1 Å². The van der Waals surface area contributed by atoms with Crippen LogP contribution in [0, 0.1) is 12.8 Å². The monoisotopic (exact) mass is 428 g/mol. The Bertz CT molecular complexity index is 845. The number of hydrogen-bond donors (Lipinski definition) is 1. The quantitative estimate of drug-likeness (QED) is 0.595. The Morgan fingerprint density at radius 1 is 1.20 bits per heavy atom. The minimum absolute atomic E-state index is 0.0856. The third kappa shape index (κ3) is 5.69. The van der Waals surface area contributed by atoms with Crippen LogP contribution in [0.4, 0.5) is 5.69 Å². The van der Waals surface area contributed by atoms with Crippen LogP contribution in [0.25, 0.3) is 0 Å². The fourth-order valence-electron chi connectivity index (χ4n) is 3.81. The summed E-state index contributed by atoms with van der Waals surface area (Å²) in [5.41, 5.74) is 3.28. The van der Waals surface area contributed by atoms with Crippen molar-refractivity contribution >= 4 is 23.2 Å². The molecule has 0 radical (unpaired) electrons. The molecule has 2 atom stereocenters. The Morgan fingerprint density at radius 2 is 1.87 bits per heavy atom. The number of aryl methyl sites for hydroxylation is 1. The van der Waals surface area contributed by atoms with Gasteiger partial charge < -0.3 is 15.0 Å². The lowest BCUT2D eigenvalue weighted by Crippen LogP contribution is -2.39. The molecule has 1 aliphatic rings. The van der Waals surface area contributed by atoms with Crippen LogP contribution in [0.5, 0.6) is 5.75 Å². The van der Waals surface area contributed by atoms with Gasteiger partial charge in [0.25, 0.3) is 5.91 Å². The number of rotatable bonds is 7. The fraction of sp³-hybridized carbons (Fsp3) is 0.480. The maximum absolute atomic E-state index is 12.8. The molecule has 2 aromatic carbocycles. The number of benzene rings is 2. The summed E-state index contributed by atoms with van der Waals surface area (Å²) in [4.78, 5) is 15.2. The van der Waals surface area contributed by atoms with E-state index in [0.29, 0.717) is 17.2 Å². The van der Waals surface area contributed by atoms with Gasteiger partial charge in [0.2, 0.25) is 0 Å². The highest BCUT2D eigenvalue weighted by atomic mass is 35.5. The summed E-state index contributed by atoms with van der Waals surface area (Å²) in [7, 11) is 0. The summed E-state index contributed by atoms with van der Waals surface area (Å²) >= 11 is 6.08. The summed E-state index contributed by atoms with van der Waals surface area (Å²) in [6, 6.07) is 13.9. The number of nitrogens with zero attached hydrogens (tertiary/aromatic N) is 1. The molecule has 1 aliphatic heterocycles. The van der Waals surface area contributed by atoms with E-state index in [2.05, 4.69) is 41.4 Å². The summed E-state index contributed by atoms with van der Waals surface area (Å²) in [6.07, 6.45) is 2.55. The summed E-state index contributed by atoms with van der Waals surface area (Å²) in [6.45, 7) is 10.4. The molecule has 30 heavy (non-hydrogen) atoms. The van der Waals surface area contributed by atoms with Gasteiger partial charge in [-0.1, -0.05) is 37.6 Å². The molecule has 1 N–H and O–H groups in total. The number of piperidine rings is 1. The molecule has 0 aromatic heterocycles. The van der Waals surface area contributed by atoms with Crippen LogP contribution in [0.3, 0.4) is 0 Å². The van der Waals surface area contributed by atoms with E-state index in [1.807, 2.05) is 26.8 Å². The van der Waals surface area contributed by atoms with Crippen molar-refractivity contribution in [2.45, 2.75) is 59.1 Å². The number of amides is 1. The number of hydrogen-bond acceptors (Lipinski definition) is 3. The van der Waals surface area contributed by atoms with Gasteiger partial charge in [0.1, 0.15) is 5.75 Å². The van der Waals surface area contributed by atoms with Gasteiger partial charge >= 0.3 is 0 Å². The van der Waals surface area contributed by atoms with E-state index in [-0.39, 0.29) is 11.9 Å². The van der Waals surface area contributed by atoms with Crippen LogP contribution in [-0.4, -0.2) is 25.1 Å². The zero-order chi connectivity index (χ0) is 21.7. The number of halogens is 1. The maximum Gasteiger partial charge on any atom is 0.261 e. The molecular weight excluding hydrogens is 396 g/mol. The first-order valence-corrected chi connectivity index (χ1v) is 11.3. The molecule has 0 bridgehead atoms. The van der Waals surface area contributed by atoms with Crippen LogP contribution in [-0.2, 0) is 4.79 Å². The summed E-state index contributed by atoms with van der Waals surface area (Å²) in [5, 5.41) is 3.79. The maximum atomic E-state index is 12.8. The molecule has 4 nitrogen and oxygen atoms in total. The van der Waals surface area contributed by atoms with Crippen molar-refractivity contribution in [2.24, 2.45) is 5.92 Å². The van der Waals surface area contributed by atoms with E-state index in [0.717, 1.165) is 30.1 Å². The van der Waals surface area contributed by atoms with Crippen LogP contribution in [0.15, 0.2) is 42.5 Å². The number of carbonyl (C=O) groups is 1. The predicted octanol–water partition coefficient (Wildman–Crippen LogP) is 5.92. The van der Waals surface area contributed by atoms with Crippen LogP contribution < -0.4 is 15.0 Å². The van der Waals surface area contributed by atoms with Gasteiger partial charge in [0.05, 0.1) is 6.04 Å². The van der Waals surface area contributed by atoms with Gasteiger partial charge in [-0.3, -0.25) is 4.79 Å². The van der Waals surface area contributed by atoms with Gasteiger partial charge in [-0.05, 0) is 80.5 Å². The van der Waals surface area contributed by atoms with Gasteiger partial charge in [0.15, 0.2) is 6.10 Å². The largest absolute Gasteiger partial charge is 0.481 e. The Hall–Kier alpha value is -2.20. The Labute approximate surface area is 185 Å². The summed E-state index contributed by atoms with van der Waals surface area (Å²) in [5.74, 6) is 1.37. The minimum Gasteiger partial charge on any atom is -0.481 e. The average Bonchev–Trinajstić information content (AvgIpc) is 2.75.